The second kappa shape index (κ2) is 7.80. The highest BCUT2D eigenvalue weighted by Gasteiger charge is 2.44. The number of rotatable bonds is 6. The van der Waals surface area contributed by atoms with Gasteiger partial charge in [-0.1, -0.05) is 26.0 Å². The van der Waals surface area contributed by atoms with E-state index in [2.05, 4.69) is 31.3 Å². The fourth-order valence-corrected chi connectivity index (χ4v) is 4.25. The molecule has 1 aromatic carbocycles. The number of carbonyl (C=O) groups excluding carboxylic acids is 1. The molecule has 0 spiro atoms. The third-order valence-corrected chi connectivity index (χ3v) is 5.41. The molecule has 0 bridgehead atoms. The third kappa shape index (κ3) is 3.90. The normalized spacial score (nSPS) is 24.4. The van der Waals surface area contributed by atoms with Gasteiger partial charge in [0.1, 0.15) is 0 Å². The molecule has 2 heterocycles. The smallest absolute Gasteiger partial charge is 0.310 e. The summed E-state index contributed by atoms with van der Waals surface area (Å²) in [4.78, 5) is 12.7. The summed E-state index contributed by atoms with van der Waals surface area (Å²) in [5.41, 5.74) is 0.977. The van der Waals surface area contributed by atoms with Crippen molar-refractivity contribution in [2.75, 3.05) is 27.6 Å². The zero-order chi connectivity index (χ0) is 19.6. The fraction of sp³-hybridized carbons (Fsp3) is 0.571. The van der Waals surface area contributed by atoms with Crippen LogP contribution in [0.1, 0.15) is 38.7 Å². The summed E-state index contributed by atoms with van der Waals surface area (Å²) in [6.45, 7) is 7.25. The third-order valence-electron chi connectivity index (χ3n) is 5.41. The summed E-state index contributed by atoms with van der Waals surface area (Å²) in [5, 5.41) is 3.54. The summed E-state index contributed by atoms with van der Waals surface area (Å²) >= 11 is 0. The minimum absolute atomic E-state index is 0.0137. The predicted molar refractivity (Wildman–Crippen MR) is 102 cm³/mol. The van der Waals surface area contributed by atoms with E-state index in [0.29, 0.717) is 23.8 Å². The van der Waals surface area contributed by atoms with E-state index in [1.807, 2.05) is 19.1 Å². The number of methoxy groups -OCH3 is 2. The van der Waals surface area contributed by atoms with E-state index in [0.717, 1.165) is 12.0 Å². The number of carbonyl (C=O) groups is 1. The molecule has 6 heteroatoms. The van der Waals surface area contributed by atoms with Crippen LogP contribution >= 0.6 is 0 Å². The maximum absolute atomic E-state index is 12.7. The number of benzene rings is 1. The van der Waals surface area contributed by atoms with Gasteiger partial charge in [0.25, 0.3) is 0 Å². The molecule has 0 saturated carbocycles. The molecule has 0 aliphatic carbocycles. The van der Waals surface area contributed by atoms with E-state index in [1.165, 1.54) is 7.11 Å². The Balaban J connectivity index is 1.92. The standard InChI is InChI=1S/C21H29NO5/c1-6-7-21(2,3)10-15-18(20(23)25-5)14(11-22-15)13-8-16(24-4)19-17(9-13)26-12-27-19/h6-9,14-15,18,22H,10-12H2,1-5H3/b7-6+/t14-,15+,18-/m1/s1. The number of nitrogens with one attached hydrogen (secondary N) is 1. The lowest BCUT2D eigenvalue weighted by atomic mass is 9.77. The molecule has 3 atom stereocenters. The van der Waals surface area contributed by atoms with Crippen molar-refractivity contribution in [2.45, 2.75) is 39.2 Å². The Labute approximate surface area is 160 Å². The van der Waals surface area contributed by atoms with Gasteiger partial charge in [-0.15, -0.1) is 0 Å². The van der Waals surface area contributed by atoms with Crippen LogP contribution in [-0.4, -0.2) is 39.6 Å². The van der Waals surface area contributed by atoms with Crippen molar-refractivity contribution in [1.82, 2.24) is 5.32 Å². The van der Waals surface area contributed by atoms with Gasteiger partial charge in [0, 0.05) is 18.5 Å². The molecular formula is C21H29NO5. The van der Waals surface area contributed by atoms with Crippen molar-refractivity contribution in [1.29, 1.82) is 0 Å². The summed E-state index contributed by atoms with van der Waals surface area (Å²) in [6, 6.07) is 3.92. The lowest BCUT2D eigenvalue weighted by Gasteiger charge is -2.29. The van der Waals surface area contributed by atoms with E-state index in [1.54, 1.807) is 7.11 Å². The number of allylic oxidation sites excluding steroid dienone is 2. The highest BCUT2D eigenvalue weighted by atomic mass is 16.7. The fourth-order valence-electron chi connectivity index (χ4n) is 4.25. The van der Waals surface area contributed by atoms with Gasteiger partial charge in [0.15, 0.2) is 11.5 Å². The van der Waals surface area contributed by atoms with Gasteiger partial charge in [-0.05, 0) is 36.5 Å². The monoisotopic (exact) mass is 375 g/mol. The van der Waals surface area contributed by atoms with Gasteiger partial charge in [0.05, 0.1) is 20.1 Å². The SMILES string of the molecule is C/C=C/C(C)(C)C[C@@H]1NC[C@H](c2cc(OC)c3c(c2)OCO3)[C@H]1C(=O)OC. The Hall–Kier alpha value is -2.21. The van der Waals surface area contributed by atoms with Crippen LogP contribution in [0.3, 0.4) is 0 Å². The second-order valence-electron chi connectivity index (χ2n) is 7.82. The van der Waals surface area contributed by atoms with Crippen molar-refractivity contribution < 1.29 is 23.7 Å². The average molecular weight is 375 g/mol. The van der Waals surface area contributed by atoms with Gasteiger partial charge in [-0.3, -0.25) is 4.79 Å². The van der Waals surface area contributed by atoms with Crippen molar-refractivity contribution in [3.8, 4) is 17.2 Å². The topological polar surface area (TPSA) is 66.0 Å². The van der Waals surface area contributed by atoms with Crippen LogP contribution in [0.25, 0.3) is 0 Å². The molecule has 2 aliphatic heterocycles. The Kier molecular flexibility index (Phi) is 5.65. The lowest BCUT2D eigenvalue weighted by molar-refractivity contribution is -0.146. The van der Waals surface area contributed by atoms with Gasteiger partial charge < -0.3 is 24.3 Å². The van der Waals surface area contributed by atoms with Gasteiger partial charge in [0.2, 0.25) is 12.5 Å². The lowest BCUT2D eigenvalue weighted by Crippen LogP contribution is -2.36. The molecule has 148 valence electrons. The Morgan fingerprint density at radius 3 is 2.78 bits per heavy atom. The minimum Gasteiger partial charge on any atom is -0.493 e. The van der Waals surface area contributed by atoms with Crippen LogP contribution in [-0.2, 0) is 9.53 Å². The van der Waals surface area contributed by atoms with Crippen molar-refractivity contribution in [3.63, 3.8) is 0 Å². The van der Waals surface area contributed by atoms with Crippen LogP contribution in [0.15, 0.2) is 24.3 Å². The van der Waals surface area contributed by atoms with Crippen molar-refractivity contribution in [2.24, 2.45) is 11.3 Å². The molecule has 0 unspecified atom stereocenters. The Morgan fingerprint density at radius 1 is 1.33 bits per heavy atom. The van der Waals surface area contributed by atoms with Crippen molar-refractivity contribution in [3.05, 3.63) is 29.8 Å². The van der Waals surface area contributed by atoms with Crippen molar-refractivity contribution >= 4 is 5.97 Å². The van der Waals surface area contributed by atoms with Crippen LogP contribution in [0, 0.1) is 11.3 Å². The summed E-state index contributed by atoms with van der Waals surface area (Å²) in [7, 11) is 3.06. The highest BCUT2D eigenvalue weighted by Crippen LogP contribution is 2.46. The molecule has 1 aromatic rings. The van der Waals surface area contributed by atoms with Gasteiger partial charge in [-0.2, -0.15) is 0 Å². The molecule has 1 fully saturated rings. The molecule has 6 nitrogen and oxygen atoms in total. The molecule has 0 radical (unpaired) electrons. The molecule has 0 amide bonds. The number of fused-ring (bicyclic) bond motifs is 1. The first-order valence-electron chi connectivity index (χ1n) is 9.32. The van der Waals surface area contributed by atoms with Crippen LogP contribution < -0.4 is 19.5 Å². The second-order valence-corrected chi connectivity index (χ2v) is 7.82. The number of hydrogen-bond donors (Lipinski definition) is 1. The molecule has 2 aliphatic rings. The first kappa shape index (κ1) is 19.5. The van der Waals surface area contributed by atoms with E-state index in [-0.39, 0.29) is 36.1 Å². The quantitative estimate of drug-likeness (QED) is 0.608. The molecule has 0 aromatic heterocycles. The van der Waals surface area contributed by atoms with Crippen LogP contribution in [0.4, 0.5) is 0 Å². The zero-order valence-electron chi connectivity index (χ0n) is 16.7. The van der Waals surface area contributed by atoms with E-state index in [4.69, 9.17) is 18.9 Å². The summed E-state index contributed by atoms with van der Waals surface area (Å²) in [5.74, 6) is 1.42. The first-order chi connectivity index (χ1) is 12.9. The minimum atomic E-state index is -0.274. The average Bonchev–Trinajstić information content (AvgIpc) is 3.26. The Morgan fingerprint density at radius 2 is 2.11 bits per heavy atom. The largest absolute Gasteiger partial charge is 0.493 e. The maximum atomic E-state index is 12.7. The van der Waals surface area contributed by atoms with E-state index in [9.17, 15) is 4.79 Å². The van der Waals surface area contributed by atoms with Crippen LogP contribution in [0.2, 0.25) is 0 Å². The van der Waals surface area contributed by atoms with Crippen LogP contribution in [0.5, 0.6) is 17.2 Å². The number of ether oxygens (including phenoxy) is 4. The predicted octanol–water partition coefficient (Wildman–Crippen LogP) is 3.26. The maximum Gasteiger partial charge on any atom is 0.310 e. The van der Waals surface area contributed by atoms with E-state index < -0.39 is 0 Å². The zero-order valence-corrected chi connectivity index (χ0v) is 16.7. The molecular weight excluding hydrogens is 346 g/mol. The molecule has 3 rings (SSSR count). The number of esters is 1. The molecule has 1 N–H and O–H groups in total. The number of hydrogen-bond acceptors (Lipinski definition) is 6. The highest BCUT2D eigenvalue weighted by molar-refractivity contribution is 5.75. The van der Waals surface area contributed by atoms with Gasteiger partial charge in [-0.25, -0.2) is 0 Å². The molecule has 1 saturated heterocycles. The Bertz CT molecular complexity index is 728. The summed E-state index contributed by atoms with van der Waals surface area (Å²) in [6.07, 6.45) is 5.08. The first-order valence-corrected chi connectivity index (χ1v) is 9.32. The van der Waals surface area contributed by atoms with Gasteiger partial charge >= 0.3 is 5.97 Å². The van der Waals surface area contributed by atoms with E-state index >= 15 is 0 Å². The molecule has 27 heavy (non-hydrogen) atoms. The summed E-state index contributed by atoms with van der Waals surface area (Å²) < 4.78 is 21.7.